The lowest BCUT2D eigenvalue weighted by Crippen LogP contribution is -2.26. The van der Waals surface area contributed by atoms with E-state index in [1.54, 1.807) is 19.1 Å². The standard InChI is InChI=1S/C18H24N2O/c1-13(2)16-5-4-9-20(10-8-16)18-11-15(12-19)6-7-17(18)14(3)21/h6-7,11,13,16H,4-5,8-10H2,1-3H3. The Morgan fingerprint density at radius 2 is 2.10 bits per heavy atom. The summed E-state index contributed by atoms with van der Waals surface area (Å²) in [5.41, 5.74) is 2.29. The van der Waals surface area contributed by atoms with Gasteiger partial charge in [-0.3, -0.25) is 4.79 Å². The first-order chi connectivity index (χ1) is 10.0. The van der Waals surface area contributed by atoms with Crippen LogP contribution in [0.3, 0.4) is 0 Å². The molecule has 1 atom stereocenters. The van der Waals surface area contributed by atoms with Crippen molar-refractivity contribution in [2.24, 2.45) is 11.8 Å². The van der Waals surface area contributed by atoms with Crippen LogP contribution in [0.15, 0.2) is 18.2 Å². The van der Waals surface area contributed by atoms with Crippen molar-refractivity contribution in [1.29, 1.82) is 5.26 Å². The molecule has 0 radical (unpaired) electrons. The second-order valence-corrected chi connectivity index (χ2v) is 6.32. The summed E-state index contributed by atoms with van der Waals surface area (Å²) in [4.78, 5) is 14.1. The molecule has 0 spiro atoms. The van der Waals surface area contributed by atoms with Gasteiger partial charge >= 0.3 is 0 Å². The van der Waals surface area contributed by atoms with Crippen molar-refractivity contribution in [2.45, 2.75) is 40.0 Å². The van der Waals surface area contributed by atoms with Gasteiger partial charge in [-0.25, -0.2) is 0 Å². The van der Waals surface area contributed by atoms with E-state index in [4.69, 9.17) is 5.26 Å². The highest BCUT2D eigenvalue weighted by Gasteiger charge is 2.22. The molecule has 0 aromatic heterocycles. The lowest BCUT2D eigenvalue weighted by atomic mass is 9.89. The Bertz CT molecular complexity index is 557. The largest absolute Gasteiger partial charge is 0.371 e. The first-order valence-electron chi connectivity index (χ1n) is 7.83. The molecule has 112 valence electrons. The van der Waals surface area contributed by atoms with Crippen molar-refractivity contribution < 1.29 is 4.79 Å². The molecule has 0 amide bonds. The Labute approximate surface area is 127 Å². The second kappa shape index (κ2) is 6.76. The summed E-state index contributed by atoms with van der Waals surface area (Å²) >= 11 is 0. The van der Waals surface area contributed by atoms with Crippen LogP contribution in [0, 0.1) is 23.2 Å². The molecule has 1 unspecified atom stereocenters. The molecule has 21 heavy (non-hydrogen) atoms. The maximum absolute atomic E-state index is 11.9. The zero-order valence-corrected chi connectivity index (χ0v) is 13.2. The van der Waals surface area contributed by atoms with E-state index in [0.717, 1.165) is 43.1 Å². The summed E-state index contributed by atoms with van der Waals surface area (Å²) in [6.07, 6.45) is 3.56. The third-order valence-electron chi connectivity index (χ3n) is 4.56. The molecule has 0 saturated carbocycles. The fourth-order valence-corrected chi connectivity index (χ4v) is 3.19. The lowest BCUT2D eigenvalue weighted by Gasteiger charge is -2.25. The van der Waals surface area contributed by atoms with Crippen molar-refractivity contribution in [2.75, 3.05) is 18.0 Å². The van der Waals surface area contributed by atoms with Crippen molar-refractivity contribution in [3.05, 3.63) is 29.3 Å². The van der Waals surface area contributed by atoms with Crippen LogP contribution in [-0.4, -0.2) is 18.9 Å². The normalized spacial score (nSPS) is 19.2. The predicted octanol–water partition coefficient (Wildman–Crippen LogP) is 4.02. The number of hydrogen-bond donors (Lipinski definition) is 0. The monoisotopic (exact) mass is 284 g/mol. The summed E-state index contributed by atoms with van der Waals surface area (Å²) < 4.78 is 0. The van der Waals surface area contributed by atoms with Crippen molar-refractivity contribution >= 4 is 11.5 Å². The van der Waals surface area contributed by atoms with E-state index in [2.05, 4.69) is 24.8 Å². The topological polar surface area (TPSA) is 44.1 Å². The molecule has 0 aliphatic carbocycles. The molecule has 1 aromatic carbocycles. The summed E-state index contributed by atoms with van der Waals surface area (Å²) in [6, 6.07) is 7.57. The molecular weight excluding hydrogens is 260 g/mol. The molecule has 1 heterocycles. The number of benzene rings is 1. The average molecular weight is 284 g/mol. The number of nitriles is 1. The van der Waals surface area contributed by atoms with Gasteiger partial charge in [-0.1, -0.05) is 13.8 Å². The van der Waals surface area contributed by atoms with Crippen LogP contribution in [0.5, 0.6) is 0 Å². The smallest absolute Gasteiger partial charge is 0.161 e. The first kappa shape index (κ1) is 15.6. The number of carbonyl (C=O) groups excluding carboxylic acids is 1. The molecule has 1 aromatic rings. The van der Waals surface area contributed by atoms with Crippen LogP contribution < -0.4 is 4.90 Å². The van der Waals surface area contributed by atoms with Gasteiger partial charge in [-0.2, -0.15) is 5.26 Å². The number of ketones is 1. The van der Waals surface area contributed by atoms with Crippen LogP contribution in [0.25, 0.3) is 0 Å². The average Bonchev–Trinajstić information content (AvgIpc) is 2.72. The van der Waals surface area contributed by atoms with Gasteiger partial charge in [-0.15, -0.1) is 0 Å². The summed E-state index contributed by atoms with van der Waals surface area (Å²) in [6.45, 7) is 8.12. The minimum Gasteiger partial charge on any atom is -0.371 e. The van der Waals surface area contributed by atoms with Crippen LogP contribution in [0.4, 0.5) is 5.69 Å². The molecule has 0 N–H and O–H groups in total. The van der Waals surface area contributed by atoms with Gasteiger partial charge in [0.25, 0.3) is 0 Å². The molecule has 1 aliphatic rings. The van der Waals surface area contributed by atoms with Crippen molar-refractivity contribution in [3.63, 3.8) is 0 Å². The number of nitrogens with zero attached hydrogens (tertiary/aromatic N) is 2. The van der Waals surface area contributed by atoms with Gasteiger partial charge in [0.1, 0.15) is 0 Å². The summed E-state index contributed by atoms with van der Waals surface area (Å²) in [5.74, 6) is 1.54. The Hall–Kier alpha value is -1.82. The molecule has 3 nitrogen and oxygen atoms in total. The maximum Gasteiger partial charge on any atom is 0.161 e. The highest BCUT2D eigenvalue weighted by atomic mass is 16.1. The van der Waals surface area contributed by atoms with E-state index in [1.807, 2.05) is 6.07 Å². The highest BCUT2D eigenvalue weighted by Crippen LogP contribution is 2.30. The number of carbonyl (C=O) groups is 1. The minimum atomic E-state index is 0.0687. The van der Waals surface area contributed by atoms with E-state index >= 15 is 0 Å². The molecular formula is C18H24N2O. The van der Waals surface area contributed by atoms with Gasteiger partial charge in [0.2, 0.25) is 0 Å². The van der Waals surface area contributed by atoms with Gasteiger partial charge in [0, 0.05) is 24.3 Å². The predicted molar refractivity (Wildman–Crippen MR) is 85.6 cm³/mol. The maximum atomic E-state index is 11.9. The van der Waals surface area contributed by atoms with Gasteiger partial charge in [0.15, 0.2) is 5.78 Å². The highest BCUT2D eigenvalue weighted by molar-refractivity contribution is 6.00. The molecule has 2 rings (SSSR count). The third-order valence-corrected chi connectivity index (χ3v) is 4.56. The number of anilines is 1. The second-order valence-electron chi connectivity index (χ2n) is 6.32. The molecule has 3 heteroatoms. The Balaban J connectivity index is 2.28. The molecule has 0 bridgehead atoms. The zero-order chi connectivity index (χ0) is 15.4. The van der Waals surface area contributed by atoms with Crippen LogP contribution in [-0.2, 0) is 0 Å². The van der Waals surface area contributed by atoms with E-state index in [1.165, 1.54) is 6.42 Å². The first-order valence-corrected chi connectivity index (χ1v) is 7.83. The van der Waals surface area contributed by atoms with Crippen molar-refractivity contribution in [3.8, 4) is 6.07 Å². The number of Topliss-reactive ketones (excluding diaryl/α,β-unsaturated/α-hetero) is 1. The zero-order valence-electron chi connectivity index (χ0n) is 13.2. The lowest BCUT2D eigenvalue weighted by molar-refractivity contribution is 0.101. The molecule has 1 saturated heterocycles. The SMILES string of the molecule is CC(=O)c1ccc(C#N)cc1N1CCCC(C(C)C)CC1. The Morgan fingerprint density at radius 1 is 1.33 bits per heavy atom. The summed E-state index contributed by atoms with van der Waals surface area (Å²) in [5, 5.41) is 9.11. The van der Waals surface area contributed by atoms with Gasteiger partial charge in [0.05, 0.1) is 11.6 Å². The Kier molecular flexibility index (Phi) is 5.01. The van der Waals surface area contributed by atoms with Crippen LogP contribution in [0.2, 0.25) is 0 Å². The third kappa shape index (κ3) is 3.64. The fraction of sp³-hybridized carbons (Fsp3) is 0.556. The van der Waals surface area contributed by atoms with Crippen LogP contribution >= 0.6 is 0 Å². The molecule has 1 fully saturated rings. The number of hydrogen-bond acceptors (Lipinski definition) is 3. The van der Waals surface area contributed by atoms with E-state index in [0.29, 0.717) is 11.5 Å². The number of rotatable bonds is 3. The fourth-order valence-electron chi connectivity index (χ4n) is 3.19. The minimum absolute atomic E-state index is 0.0687. The van der Waals surface area contributed by atoms with Gasteiger partial charge < -0.3 is 4.90 Å². The van der Waals surface area contributed by atoms with Gasteiger partial charge in [-0.05, 0) is 56.2 Å². The van der Waals surface area contributed by atoms with Crippen molar-refractivity contribution in [1.82, 2.24) is 0 Å². The Morgan fingerprint density at radius 3 is 2.71 bits per heavy atom. The van der Waals surface area contributed by atoms with E-state index in [9.17, 15) is 4.79 Å². The van der Waals surface area contributed by atoms with E-state index in [-0.39, 0.29) is 5.78 Å². The van der Waals surface area contributed by atoms with Crippen LogP contribution in [0.1, 0.15) is 56.0 Å². The van der Waals surface area contributed by atoms with E-state index < -0.39 is 0 Å². The molecule has 1 aliphatic heterocycles. The summed E-state index contributed by atoms with van der Waals surface area (Å²) in [7, 11) is 0. The quantitative estimate of drug-likeness (QED) is 0.787.